The summed E-state index contributed by atoms with van der Waals surface area (Å²) in [6.45, 7) is 0. The van der Waals surface area contributed by atoms with Gasteiger partial charge in [0.05, 0.1) is 4.90 Å². The third-order valence-electron chi connectivity index (χ3n) is 2.34. The van der Waals surface area contributed by atoms with E-state index in [0.29, 0.717) is 11.4 Å². The van der Waals surface area contributed by atoms with Crippen LogP contribution in [0.4, 0.5) is 14.4 Å². The molecule has 1 N–H and O–H groups in total. The van der Waals surface area contributed by atoms with Gasteiger partial charge in [-0.25, -0.2) is 4.79 Å². The van der Waals surface area contributed by atoms with Crippen molar-refractivity contribution in [2.75, 3.05) is 5.32 Å². The van der Waals surface area contributed by atoms with Gasteiger partial charge in [0, 0.05) is 5.69 Å². The molecule has 0 aromatic heterocycles. The Morgan fingerprint density at radius 3 is 2.15 bits per heavy atom. The Morgan fingerprint density at radius 2 is 1.60 bits per heavy atom. The largest absolute Gasteiger partial charge is 0.417 e. The van der Waals surface area contributed by atoms with Crippen molar-refractivity contribution < 1.29 is 21.8 Å². The fraction of sp³-hybridized carbons (Fsp3) is 0. The van der Waals surface area contributed by atoms with Gasteiger partial charge in [-0.3, -0.25) is 5.32 Å². The van der Waals surface area contributed by atoms with E-state index in [1.165, 1.54) is 12.1 Å². The van der Waals surface area contributed by atoms with Crippen LogP contribution >= 0.6 is 0 Å². The van der Waals surface area contributed by atoms with E-state index < -0.39 is 21.2 Å². The molecule has 0 bridgehead atoms. The van der Waals surface area contributed by atoms with E-state index in [1.807, 2.05) is 0 Å². The summed E-state index contributed by atoms with van der Waals surface area (Å²) in [5.74, 6) is 0.368. The van der Waals surface area contributed by atoms with E-state index in [0.717, 1.165) is 12.1 Å². The van der Waals surface area contributed by atoms with Crippen molar-refractivity contribution in [1.29, 1.82) is 0 Å². The third kappa shape index (κ3) is 3.79. The number of halogens is 1. The molecule has 0 aliphatic heterocycles. The molecule has 2 aromatic carbocycles. The Morgan fingerprint density at radius 1 is 1.00 bits per heavy atom. The molecule has 2 aromatic rings. The van der Waals surface area contributed by atoms with Gasteiger partial charge in [-0.15, -0.1) is 3.89 Å². The molecule has 0 aliphatic carbocycles. The van der Waals surface area contributed by atoms with Crippen molar-refractivity contribution in [3.63, 3.8) is 0 Å². The van der Waals surface area contributed by atoms with Gasteiger partial charge in [0.1, 0.15) is 5.75 Å². The van der Waals surface area contributed by atoms with Gasteiger partial charge in [-0.05, 0) is 36.4 Å². The summed E-state index contributed by atoms with van der Waals surface area (Å²) in [5, 5.41) is 2.39. The van der Waals surface area contributed by atoms with Crippen molar-refractivity contribution in [3.8, 4) is 5.75 Å². The number of rotatable bonds is 3. The van der Waals surface area contributed by atoms with Gasteiger partial charge in [0.25, 0.3) is 0 Å². The second-order valence-corrected chi connectivity index (χ2v) is 5.14. The number of carbonyl (C=O) groups is 1. The molecule has 20 heavy (non-hydrogen) atoms. The number of hydrogen-bond acceptors (Lipinski definition) is 4. The minimum absolute atomic E-state index is 0.290. The molecular weight excluding hydrogens is 285 g/mol. The first-order valence-corrected chi connectivity index (χ1v) is 6.92. The van der Waals surface area contributed by atoms with Crippen LogP contribution in [0.2, 0.25) is 0 Å². The van der Waals surface area contributed by atoms with Crippen LogP contribution < -0.4 is 10.1 Å². The monoisotopic (exact) mass is 295 g/mol. The normalized spacial score (nSPS) is 10.8. The standard InChI is InChI=1S/C13H10FNO4S/c14-20(17,18)12-8-6-10(7-9-12)15-13(16)19-11-4-2-1-3-5-11/h1-9H,(H,15,16). The molecule has 0 unspecified atom stereocenters. The summed E-state index contributed by atoms with van der Waals surface area (Å²) < 4.78 is 38.9. The molecule has 5 nitrogen and oxygen atoms in total. The quantitative estimate of drug-likeness (QED) is 0.884. The SMILES string of the molecule is O=C(Nc1ccc(S(=O)(=O)F)cc1)Oc1ccccc1. The van der Waals surface area contributed by atoms with E-state index in [4.69, 9.17) is 4.74 Å². The predicted molar refractivity (Wildman–Crippen MR) is 70.8 cm³/mol. The average molecular weight is 295 g/mol. The number of nitrogens with one attached hydrogen (secondary N) is 1. The van der Waals surface area contributed by atoms with E-state index in [9.17, 15) is 17.1 Å². The average Bonchev–Trinajstić information content (AvgIpc) is 2.39. The zero-order chi connectivity index (χ0) is 14.6. The minimum atomic E-state index is -4.74. The van der Waals surface area contributed by atoms with Crippen LogP contribution in [0.3, 0.4) is 0 Å². The molecule has 1 amide bonds. The van der Waals surface area contributed by atoms with Crippen LogP contribution in [0.15, 0.2) is 59.5 Å². The zero-order valence-corrected chi connectivity index (χ0v) is 10.9. The smallest absolute Gasteiger partial charge is 0.410 e. The van der Waals surface area contributed by atoms with Crippen molar-refractivity contribution in [2.24, 2.45) is 0 Å². The molecule has 0 fully saturated rings. The van der Waals surface area contributed by atoms with Crippen LogP contribution in [0.25, 0.3) is 0 Å². The molecule has 0 saturated carbocycles. The molecule has 0 heterocycles. The molecule has 2 rings (SSSR count). The lowest BCUT2D eigenvalue weighted by Gasteiger charge is -2.06. The second kappa shape index (κ2) is 5.70. The lowest BCUT2D eigenvalue weighted by molar-refractivity contribution is 0.215. The summed E-state index contributed by atoms with van der Waals surface area (Å²) in [4.78, 5) is 11.1. The Bertz CT molecular complexity index is 699. The molecule has 7 heteroatoms. The number of carbonyl (C=O) groups excluding carboxylic acids is 1. The van der Waals surface area contributed by atoms with E-state index in [-0.39, 0.29) is 0 Å². The van der Waals surface area contributed by atoms with Gasteiger partial charge >= 0.3 is 16.3 Å². The fourth-order valence-corrected chi connectivity index (χ4v) is 1.90. The van der Waals surface area contributed by atoms with E-state index in [1.54, 1.807) is 30.3 Å². The van der Waals surface area contributed by atoms with Crippen LogP contribution in [0.5, 0.6) is 5.75 Å². The van der Waals surface area contributed by atoms with Gasteiger partial charge in [0.15, 0.2) is 0 Å². The molecule has 0 radical (unpaired) electrons. The Labute approximate surface area is 115 Å². The summed E-state index contributed by atoms with van der Waals surface area (Å²) in [6.07, 6.45) is -0.730. The summed E-state index contributed by atoms with van der Waals surface area (Å²) in [6, 6.07) is 13.0. The summed E-state index contributed by atoms with van der Waals surface area (Å²) >= 11 is 0. The molecule has 0 spiro atoms. The van der Waals surface area contributed by atoms with Crippen LogP contribution in [-0.4, -0.2) is 14.5 Å². The summed E-state index contributed by atoms with van der Waals surface area (Å²) in [7, 11) is -4.74. The van der Waals surface area contributed by atoms with Crippen molar-refractivity contribution in [1.82, 2.24) is 0 Å². The fourth-order valence-electron chi connectivity index (χ4n) is 1.44. The first kappa shape index (κ1) is 14.0. The van der Waals surface area contributed by atoms with Gasteiger partial charge in [-0.1, -0.05) is 18.2 Å². The number of benzene rings is 2. The highest BCUT2D eigenvalue weighted by molar-refractivity contribution is 7.86. The lowest BCUT2D eigenvalue weighted by Crippen LogP contribution is -2.16. The number of ether oxygens (including phenoxy) is 1. The first-order valence-electron chi connectivity index (χ1n) is 5.54. The van der Waals surface area contributed by atoms with Crippen LogP contribution in [0, 0.1) is 0 Å². The van der Waals surface area contributed by atoms with Crippen LogP contribution in [-0.2, 0) is 10.2 Å². The number of para-hydroxylation sites is 1. The maximum Gasteiger partial charge on any atom is 0.417 e. The Balaban J connectivity index is 2.02. The number of hydrogen-bond donors (Lipinski definition) is 1. The molecular formula is C13H10FNO4S. The highest BCUT2D eigenvalue weighted by Gasteiger charge is 2.11. The lowest BCUT2D eigenvalue weighted by atomic mass is 10.3. The summed E-state index contributed by atoms with van der Waals surface area (Å²) in [5.41, 5.74) is 0.290. The maximum absolute atomic E-state index is 12.7. The van der Waals surface area contributed by atoms with Crippen molar-refractivity contribution >= 4 is 22.0 Å². The van der Waals surface area contributed by atoms with E-state index >= 15 is 0 Å². The Kier molecular flexibility index (Phi) is 3.99. The van der Waals surface area contributed by atoms with Crippen LogP contribution in [0.1, 0.15) is 0 Å². The first-order chi connectivity index (χ1) is 9.45. The zero-order valence-electron chi connectivity index (χ0n) is 10.1. The van der Waals surface area contributed by atoms with Gasteiger partial charge < -0.3 is 4.74 Å². The number of anilines is 1. The highest BCUT2D eigenvalue weighted by Crippen LogP contribution is 2.16. The minimum Gasteiger partial charge on any atom is -0.410 e. The highest BCUT2D eigenvalue weighted by atomic mass is 32.3. The molecule has 104 valence electrons. The van der Waals surface area contributed by atoms with E-state index in [2.05, 4.69) is 5.32 Å². The molecule has 0 aliphatic rings. The molecule has 0 atom stereocenters. The van der Waals surface area contributed by atoms with Crippen molar-refractivity contribution in [3.05, 3.63) is 54.6 Å². The Hall–Kier alpha value is -2.41. The topological polar surface area (TPSA) is 72.5 Å². The predicted octanol–water partition coefficient (Wildman–Crippen LogP) is 2.96. The molecule has 0 saturated heterocycles. The number of amides is 1. The maximum atomic E-state index is 12.7. The van der Waals surface area contributed by atoms with Crippen molar-refractivity contribution in [2.45, 2.75) is 4.90 Å². The third-order valence-corrected chi connectivity index (χ3v) is 3.17. The second-order valence-electron chi connectivity index (χ2n) is 3.79. The van der Waals surface area contributed by atoms with Gasteiger partial charge in [0.2, 0.25) is 0 Å². The van der Waals surface area contributed by atoms with Gasteiger partial charge in [-0.2, -0.15) is 8.42 Å².